The van der Waals surface area contributed by atoms with Crippen molar-refractivity contribution in [1.29, 1.82) is 0 Å². The second kappa shape index (κ2) is 5.67. The number of nitrogens with one attached hydrogen (secondary N) is 1. The average Bonchev–Trinajstić information content (AvgIpc) is 2.52. The first-order chi connectivity index (χ1) is 10.2. The van der Waals surface area contributed by atoms with E-state index in [4.69, 9.17) is 5.73 Å². The zero-order chi connectivity index (χ0) is 14.7. The third kappa shape index (κ3) is 2.87. The minimum Gasteiger partial charge on any atom is -0.398 e. The molecular weight excluding hydrogens is 258 g/mol. The van der Waals surface area contributed by atoms with Gasteiger partial charge in [0, 0.05) is 29.2 Å². The summed E-state index contributed by atoms with van der Waals surface area (Å²) in [4.78, 5) is 4.38. The van der Waals surface area contributed by atoms with Gasteiger partial charge < -0.3 is 11.1 Å². The molecule has 0 atom stereocenters. The summed E-state index contributed by atoms with van der Waals surface area (Å²) in [6, 6.07) is 20.3. The Morgan fingerprint density at radius 3 is 2.43 bits per heavy atom. The second-order valence-corrected chi connectivity index (χ2v) is 4.96. The zero-order valence-electron chi connectivity index (χ0n) is 11.9. The number of anilines is 3. The van der Waals surface area contributed by atoms with Gasteiger partial charge in [0.1, 0.15) is 5.82 Å². The molecule has 1 aromatic heterocycles. The second-order valence-electron chi connectivity index (χ2n) is 4.96. The summed E-state index contributed by atoms with van der Waals surface area (Å²) in [5.74, 6) is 0.751. The summed E-state index contributed by atoms with van der Waals surface area (Å²) in [7, 11) is 0. The first-order valence-corrected chi connectivity index (χ1v) is 6.87. The number of pyridine rings is 1. The van der Waals surface area contributed by atoms with Crippen molar-refractivity contribution in [3.8, 4) is 11.1 Å². The molecule has 0 aliphatic rings. The van der Waals surface area contributed by atoms with Crippen molar-refractivity contribution < 1.29 is 0 Å². The molecule has 0 amide bonds. The molecule has 0 aliphatic carbocycles. The molecule has 0 unspecified atom stereocenters. The molecule has 104 valence electrons. The molecule has 2 aromatic carbocycles. The Balaban J connectivity index is 1.98. The predicted octanol–water partition coefficient (Wildman–Crippen LogP) is 4.38. The van der Waals surface area contributed by atoms with Crippen LogP contribution >= 0.6 is 0 Å². The fourth-order valence-corrected chi connectivity index (χ4v) is 2.21. The molecule has 0 fully saturated rings. The molecule has 0 aliphatic heterocycles. The number of nitrogen functional groups attached to an aromatic ring is 1. The summed E-state index contributed by atoms with van der Waals surface area (Å²) >= 11 is 0. The fourth-order valence-electron chi connectivity index (χ4n) is 2.21. The van der Waals surface area contributed by atoms with Gasteiger partial charge in [-0.25, -0.2) is 4.98 Å². The maximum absolute atomic E-state index is 5.94. The van der Waals surface area contributed by atoms with Gasteiger partial charge in [0.05, 0.1) is 0 Å². The molecule has 3 heteroatoms. The molecule has 0 bridgehead atoms. The van der Waals surface area contributed by atoms with Crippen molar-refractivity contribution in [3.63, 3.8) is 0 Å². The number of aryl methyl sites for hydroxylation is 1. The van der Waals surface area contributed by atoms with Crippen LogP contribution < -0.4 is 11.1 Å². The van der Waals surface area contributed by atoms with E-state index in [1.54, 1.807) is 6.20 Å². The van der Waals surface area contributed by atoms with Crippen molar-refractivity contribution in [2.75, 3.05) is 11.1 Å². The van der Waals surface area contributed by atoms with E-state index >= 15 is 0 Å². The molecule has 3 nitrogen and oxygen atoms in total. The summed E-state index contributed by atoms with van der Waals surface area (Å²) in [5.41, 5.74) is 11.0. The van der Waals surface area contributed by atoms with Gasteiger partial charge in [0.25, 0.3) is 0 Å². The maximum atomic E-state index is 5.94. The van der Waals surface area contributed by atoms with Gasteiger partial charge in [-0.3, -0.25) is 0 Å². The van der Waals surface area contributed by atoms with Crippen LogP contribution in [-0.2, 0) is 0 Å². The molecule has 1 heterocycles. The monoisotopic (exact) mass is 275 g/mol. The Bertz CT molecular complexity index is 751. The number of hydrogen-bond acceptors (Lipinski definition) is 3. The lowest BCUT2D eigenvalue weighted by Crippen LogP contribution is -1.98. The van der Waals surface area contributed by atoms with Gasteiger partial charge >= 0.3 is 0 Å². The number of rotatable bonds is 3. The van der Waals surface area contributed by atoms with Crippen LogP contribution in [0.3, 0.4) is 0 Å². The number of aromatic nitrogens is 1. The SMILES string of the molecule is Cc1cnc(Nc2ccccc2-c2ccccc2)cc1N. The largest absolute Gasteiger partial charge is 0.398 e. The molecule has 3 aromatic rings. The topological polar surface area (TPSA) is 50.9 Å². The van der Waals surface area contributed by atoms with Crippen LogP contribution in [0.2, 0.25) is 0 Å². The van der Waals surface area contributed by atoms with E-state index in [-0.39, 0.29) is 0 Å². The molecule has 0 spiro atoms. The molecule has 3 rings (SSSR count). The quantitative estimate of drug-likeness (QED) is 0.745. The first kappa shape index (κ1) is 13.2. The lowest BCUT2D eigenvalue weighted by Gasteiger charge is -2.12. The average molecular weight is 275 g/mol. The Kier molecular flexibility index (Phi) is 3.56. The van der Waals surface area contributed by atoms with Gasteiger partial charge in [-0.05, 0) is 24.1 Å². The normalized spacial score (nSPS) is 10.3. The summed E-state index contributed by atoms with van der Waals surface area (Å²) < 4.78 is 0. The van der Waals surface area contributed by atoms with Gasteiger partial charge in [-0.15, -0.1) is 0 Å². The highest BCUT2D eigenvalue weighted by Gasteiger charge is 2.05. The van der Waals surface area contributed by atoms with Gasteiger partial charge in [-0.1, -0.05) is 48.5 Å². The van der Waals surface area contributed by atoms with E-state index in [9.17, 15) is 0 Å². The molecule has 0 saturated heterocycles. The molecular formula is C18H17N3. The highest BCUT2D eigenvalue weighted by molar-refractivity contribution is 5.80. The molecule has 3 N–H and O–H groups in total. The molecule has 0 radical (unpaired) electrons. The van der Waals surface area contributed by atoms with E-state index in [0.29, 0.717) is 0 Å². The number of nitrogens with zero attached hydrogens (tertiary/aromatic N) is 1. The number of benzene rings is 2. The van der Waals surface area contributed by atoms with Crippen molar-refractivity contribution in [1.82, 2.24) is 4.98 Å². The van der Waals surface area contributed by atoms with E-state index < -0.39 is 0 Å². The zero-order valence-corrected chi connectivity index (χ0v) is 11.9. The Hall–Kier alpha value is -2.81. The number of hydrogen-bond donors (Lipinski definition) is 2. The molecule has 0 saturated carbocycles. The maximum Gasteiger partial charge on any atom is 0.132 e. The van der Waals surface area contributed by atoms with Crippen LogP contribution in [0, 0.1) is 6.92 Å². The van der Waals surface area contributed by atoms with Crippen molar-refractivity contribution in [2.45, 2.75) is 6.92 Å². The van der Waals surface area contributed by atoms with Crippen LogP contribution in [0.15, 0.2) is 66.9 Å². The lowest BCUT2D eigenvalue weighted by molar-refractivity contribution is 1.26. The Labute approximate surface area is 124 Å². The van der Waals surface area contributed by atoms with Crippen molar-refractivity contribution in [2.24, 2.45) is 0 Å². The van der Waals surface area contributed by atoms with Gasteiger partial charge in [0.2, 0.25) is 0 Å². The van der Waals surface area contributed by atoms with E-state index in [1.807, 2.05) is 49.4 Å². The standard InChI is InChI=1S/C18H17N3/c1-13-12-20-18(11-16(13)19)21-17-10-6-5-9-15(17)14-7-3-2-4-8-14/h2-12H,1H3,(H3,19,20,21). The van der Waals surface area contributed by atoms with E-state index in [1.165, 1.54) is 5.56 Å². The van der Waals surface area contributed by atoms with Gasteiger partial charge in [-0.2, -0.15) is 0 Å². The number of para-hydroxylation sites is 1. The first-order valence-electron chi connectivity index (χ1n) is 6.87. The third-order valence-electron chi connectivity index (χ3n) is 3.42. The molecule has 21 heavy (non-hydrogen) atoms. The van der Waals surface area contributed by atoms with Gasteiger partial charge in [0.15, 0.2) is 0 Å². The number of nitrogens with two attached hydrogens (primary N) is 1. The highest BCUT2D eigenvalue weighted by Crippen LogP contribution is 2.30. The van der Waals surface area contributed by atoms with E-state index in [0.717, 1.165) is 28.3 Å². The summed E-state index contributed by atoms with van der Waals surface area (Å²) in [6.45, 7) is 1.95. The Morgan fingerprint density at radius 1 is 0.952 bits per heavy atom. The lowest BCUT2D eigenvalue weighted by atomic mass is 10.0. The predicted molar refractivity (Wildman–Crippen MR) is 88.5 cm³/mol. The van der Waals surface area contributed by atoms with Crippen LogP contribution in [-0.4, -0.2) is 4.98 Å². The minimum atomic E-state index is 0.740. The van der Waals surface area contributed by atoms with Crippen LogP contribution in [0.25, 0.3) is 11.1 Å². The third-order valence-corrected chi connectivity index (χ3v) is 3.42. The highest BCUT2D eigenvalue weighted by atomic mass is 15.0. The summed E-state index contributed by atoms with van der Waals surface area (Å²) in [5, 5.41) is 3.35. The van der Waals surface area contributed by atoms with E-state index in [2.05, 4.69) is 28.5 Å². The van der Waals surface area contributed by atoms with Crippen LogP contribution in [0.4, 0.5) is 17.2 Å². The Morgan fingerprint density at radius 2 is 1.67 bits per heavy atom. The summed E-state index contributed by atoms with van der Waals surface area (Å²) in [6.07, 6.45) is 1.78. The van der Waals surface area contributed by atoms with Crippen LogP contribution in [0.5, 0.6) is 0 Å². The van der Waals surface area contributed by atoms with Crippen molar-refractivity contribution >= 4 is 17.2 Å². The minimum absolute atomic E-state index is 0.740. The fraction of sp³-hybridized carbons (Fsp3) is 0.0556. The van der Waals surface area contributed by atoms with Crippen LogP contribution in [0.1, 0.15) is 5.56 Å². The smallest absolute Gasteiger partial charge is 0.132 e. The van der Waals surface area contributed by atoms with Crippen molar-refractivity contribution in [3.05, 3.63) is 72.4 Å².